The highest BCUT2D eigenvalue weighted by Crippen LogP contribution is 2.27. The first-order valence-electron chi connectivity index (χ1n) is 6.41. The molecule has 0 saturated carbocycles. The van der Waals surface area contributed by atoms with Gasteiger partial charge in [0.15, 0.2) is 0 Å². The summed E-state index contributed by atoms with van der Waals surface area (Å²) < 4.78 is 29.9. The van der Waals surface area contributed by atoms with Crippen LogP contribution in [0.5, 0.6) is 0 Å². The van der Waals surface area contributed by atoms with Gasteiger partial charge in [0, 0.05) is 29.7 Å². The van der Waals surface area contributed by atoms with Crippen LogP contribution in [0.25, 0.3) is 11.3 Å². The molecule has 2 aromatic rings. The van der Waals surface area contributed by atoms with Gasteiger partial charge in [-0.3, -0.25) is 4.72 Å². The van der Waals surface area contributed by atoms with Gasteiger partial charge in [-0.25, -0.2) is 13.4 Å². The molecule has 2 rings (SSSR count). The standard InChI is InChI=1S/C14H18N2O3S2/c1-10(8-19-2)14-15-13(9-20-14)11-4-6-12(7-5-11)16-21(3,17)18/h4-7,9-10,16H,8H2,1-3H3. The van der Waals surface area contributed by atoms with Gasteiger partial charge in [-0.05, 0) is 12.1 Å². The maximum atomic E-state index is 11.2. The lowest BCUT2D eigenvalue weighted by Gasteiger charge is -2.06. The Kier molecular flexibility index (Phi) is 4.97. The van der Waals surface area contributed by atoms with E-state index in [0.29, 0.717) is 12.3 Å². The van der Waals surface area contributed by atoms with Gasteiger partial charge in [0.25, 0.3) is 0 Å². The highest BCUT2D eigenvalue weighted by molar-refractivity contribution is 7.92. The number of anilines is 1. The highest BCUT2D eigenvalue weighted by atomic mass is 32.2. The minimum Gasteiger partial charge on any atom is -0.384 e. The summed E-state index contributed by atoms with van der Waals surface area (Å²) in [5.74, 6) is 0.264. The highest BCUT2D eigenvalue weighted by Gasteiger charge is 2.11. The van der Waals surface area contributed by atoms with Crippen molar-refractivity contribution in [2.45, 2.75) is 12.8 Å². The molecule has 0 saturated heterocycles. The zero-order valence-electron chi connectivity index (χ0n) is 12.2. The SMILES string of the molecule is COCC(C)c1nc(-c2ccc(NS(C)(=O)=O)cc2)cs1. The minimum absolute atomic E-state index is 0.264. The molecule has 1 atom stereocenters. The van der Waals surface area contributed by atoms with E-state index in [1.807, 2.05) is 17.5 Å². The van der Waals surface area contributed by atoms with Crippen molar-refractivity contribution in [1.29, 1.82) is 0 Å². The molecule has 0 fully saturated rings. The molecule has 1 aromatic heterocycles. The van der Waals surface area contributed by atoms with Crippen LogP contribution in [0.2, 0.25) is 0 Å². The number of methoxy groups -OCH3 is 1. The second kappa shape index (κ2) is 6.55. The Morgan fingerprint density at radius 3 is 2.57 bits per heavy atom. The van der Waals surface area contributed by atoms with E-state index >= 15 is 0 Å². The Balaban J connectivity index is 2.16. The first kappa shape index (κ1) is 15.9. The quantitative estimate of drug-likeness (QED) is 0.886. The topological polar surface area (TPSA) is 68.3 Å². The molecular formula is C14H18N2O3S2. The van der Waals surface area contributed by atoms with Gasteiger partial charge in [0.2, 0.25) is 10.0 Å². The molecular weight excluding hydrogens is 308 g/mol. The van der Waals surface area contributed by atoms with Crippen LogP contribution in [-0.2, 0) is 14.8 Å². The van der Waals surface area contributed by atoms with Gasteiger partial charge in [-0.1, -0.05) is 19.1 Å². The van der Waals surface area contributed by atoms with Crippen molar-refractivity contribution in [2.75, 3.05) is 24.7 Å². The molecule has 1 heterocycles. The van der Waals surface area contributed by atoms with Crippen LogP contribution in [0.1, 0.15) is 17.8 Å². The van der Waals surface area contributed by atoms with Gasteiger partial charge in [-0.2, -0.15) is 0 Å². The number of rotatable bonds is 6. The molecule has 1 aromatic carbocycles. The van der Waals surface area contributed by atoms with E-state index in [9.17, 15) is 8.42 Å². The smallest absolute Gasteiger partial charge is 0.229 e. The molecule has 114 valence electrons. The molecule has 1 unspecified atom stereocenters. The Hall–Kier alpha value is -1.44. The molecule has 0 amide bonds. The van der Waals surface area contributed by atoms with E-state index in [2.05, 4.69) is 16.6 Å². The Morgan fingerprint density at radius 1 is 1.33 bits per heavy atom. The third-order valence-corrected chi connectivity index (χ3v) is 4.53. The average Bonchev–Trinajstić information content (AvgIpc) is 2.87. The predicted molar refractivity (Wildman–Crippen MR) is 86.3 cm³/mol. The fourth-order valence-corrected chi connectivity index (χ4v) is 3.33. The molecule has 0 aliphatic rings. The summed E-state index contributed by atoms with van der Waals surface area (Å²) in [5.41, 5.74) is 2.40. The molecule has 21 heavy (non-hydrogen) atoms. The Morgan fingerprint density at radius 2 is 2.00 bits per heavy atom. The summed E-state index contributed by atoms with van der Waals surface area (Å²) in [7, 11) is -1.57. The number of nitrogens with zero attached hydrogens (tertiary/aromatic N) is 1. The third kappa shape index (κ3) is 4.52. The van der Waals surface area contributed by atoms with E-state index in [0.717, 1.165) is 22.5 Å². The third-order valence-electron chi connectivity index (χ3n) is 2.84. The number of hydrogen-bond donors (Lipinski definition) is 1. The predicted octanol–water partition coefficient (Wildman–Crippen LogP) is 2.93. The molecule has 0 bridgehead atoms. The van der Waals surface area contributed by atoms with Crippen LogP contribution in [0.4, 0.5) is 5.69 Å². The summed E-state index contributed by atoms with van der Waals surface area (Å²) >= 11 is 1.60. The summed E-state index contributed by atoms with van der Waals surface area (Å²) in [5, 5.41) is 3.03. The molecule has 0 radical (unpaired) electrons. The second-order valence-corrected chi connectivity index (χ2v) is 7.52. The van der Waals surface area contributed by atoms with Gasteiger partial charge in [0.05, 0.1) is 23.6 Å². The van der Waals surface area contributed by atoms with Crippen LogP contribution in [0.15, 0.2) is 29.6 Å². The van der Waals surface area contributed by atoms with Crippen molar-refractivity contribution in [3.05, 3.63) is 34.7 Å². The first-order chi connectivity index (χ1) is 9.89. The van der Waals surface area contributed by atoms with Gasteiger partial charge in [0.1, 0.15) is 0 Å². The molecule has 0 aliphatic carbocycles. The van der Waals surface area contributed by atoms with Gasteiger partial charge < -0.3 is 4.74 Å². The van der Waals surface area contributed by atoms with Crippen LogP contribution in [0.3, 0.4) is 0 Å². The van der Waals surface area contributed by atoms with Crippen LogP contribution >= 0.6 is 11.3 Å². The van der Waals surface area contributed by atoms with Crippen molar-refractivity contribution in [1.82, 2.24) is 4.98 Å². The molecule has 0 spiro atoms. The van der Waals surface area contributed by atoms with Crippen LogP contribution in [0, 0.1) is 0 Å². The number of thiazole rings is 1. The zero-order valence-corrected chi connectivity index (χ0v) is 13.8. The van der Waals surface area contributed by atoms with E-state index in [4.69, 9.17) is 4.74 Å². The average molecular weight is 326 g/mol. The number of nitrogens with one attached hydrogen (secondary N) is 1. The van der Waals surface area contributed by atoms with Crippen molar-refractivity contribution < 1.29 is 13.2 Å². The first-order valence-corrected chi connectivity index (χ1v) is 9.19. The lowest BCUT2D eigenvalue weighted by molar-refractivity contribution is 0.184. The molecule has 1 N–H and O–H groups in total. The molecule has 0 aliphatic heterocycles. The number of sulfonamides is 1. The maximum Gasteiger partial charge on any atom is 0.229 e. The normalized spacial score (nSPS) is 13.1. The number of hydrogen-bond acceptors (Lipinski definition) is 5. The van der Waals surface area contributed by atoms with Crippen molar-refractivity contribution in [3.63, 3.8) is 0 Å². The lowest BCUT2D eigenvalue weighted by Crippen LogP contribution is -2.09. The summed E-state index contributed by atoms with van der Waals surface area (Å²) in [4.78, 5) is 4.60. The summed E-state index contributed by atoms with van der Waals surface area (Å²) in [6.45, 7) is 2.72. The number of aromatic nitrogens is 1. The van der Waals surface area contributed by atoms with E-state index < -0.39 is 10.0 Å². The summed E-state index contributed by atoms with van der Waals surface area (Å²) in [6, 6.07) is 7.17. The van der Waals surface area contributed by atoms with E-state index in [1.54, 1.807) is 30.6 Å². The van der Waals surface area contributed by atoms with Crippen molar-refractivity contribution >= 4 is 27.0 Å². The molecule has 5 nitrogen and oxygen atoms in total. The van der Waals surface area contributed by atoms with E-state index in [-0.39, 0.29) is 5.92 Å². The van der Waals surface area contributed by atoms with Crippen molar-refractivity contribution in [3.8, 4) is 11.3 Å². The largest absolute Gasteiger partial charge is 0.384 e. The van der Waals surface area contributed by atoms with E-state index in [1.165, 1.54) is 0 Å². The zero-order chi connectivity index (χ0) is 15.5. The lowest BCUT2D eigenvalue weighted by atomic mass is 10.1. The fourth-order valence-electron chi connectivity index (χ4n) is 1.89. The number of benzene rings is 1. The van der Waals surface area contributed by atoms with Crippen LogP contribution in [-0.4, -0.2) is 33.4 Å². The summed E-state index contributed by atoms with van der Waals surface area (Å²) in [6.07, 6.45) is 1.13. The fraction of sp³-hybridized carbons (Fsp3) is 0.357. The Bertz CT molecular complexity index is 693. The monoisotopic (exact) mass is 326 g/mol. The number of ether oxygens (including phenoxy) is 1. The minimum atomic E-state index is -3.25. The van der Waals surface area contributed by atoms with Crippen LogP contribution < -0.4 is 4.72 Å². The van der Waals surface area contributed by atoms with Gasteiger partial charge in [-0.15, -0.1) is 11.3 Å². The van der Waals surface area contributed by atoms with Gasteiger partial charge >= 0.3 is 0 Å². The second-order valence-electron chi connectivity index (χ2n) is 4.88. The molecule has 7 heteroatoms. The Labute approximate surface area is 129 Å². The maximum absolute atomic E-state index is 11.2. The van der Waals surface area contributed by atoms with Crippen molar-refractivity contribution in [2.24, 2.45) is 0 Å².